The van der Waals surface area contributed by atoms with Gasteiger partial charge in [-0.05, 0) is 18.5 Å². The predicted molar refractivity (Wildman–Crippen MR) is 72.6 cm³/mol. The number of nitrogens with zero attached hydrogens (tertiary/aromatic N) is 2. The van der Waals surface area contributed by atoms with E-state index in [1.54, 1.807) is 6.07 Å². The molecule has 0 bridgehead atoms. The fraction of sp³-hybridized carbons (Fsp3) is 0.385. The number of rotatable bonds is 5. The molecule has 1 heterocycles. The first-order chi connectivity index (χ1) is 9.90. The number of hydrogen-bond acceptors (Lipinski definition) is 5. The molecule has 112 valence electrons. The van der Waals surface area contributed by atoms with Crippen LogP contribution >= 0.6 is 0 Å². The van der Waals surface area contributed by atoms with Gasteiger partial charge in [-0.25, -0.2) is 4.79 Å². The molecule has 1 aliphatic heterocycles. The maximum absolute atomic E-state index is 11.3. The van der Waals surface area contributed by atoms with Crippen LogP contribution < -0.4 is 5.73 Å². The van der Waals surface area contributed by atoms with Gasteiger partial charge in [0.15, 0.2) is 0 Å². The molecule has 1 amide bonds. The number of carboxylic acid groups (broad SMARTS) is 1. The van der Waals surface area contributed by atoms with Crippen molar-refractivity contribution in [3.63, 3.8) is 0 Å². The molecule has 0 aromatic heterocycles. The van der Waals surface area contributed by atoms with Gasteiger partial charge in [0.2, 0.25) is 5.91 Å². The van der Waals surface area contributed by atoms with E-state index >= 15 is 0 Å². The molecule has 8 nitrogen and oxygen atoms in total. The third-order valence-corrected chi connectivity index (χ3v) is 3.61. The molecule has 1 atom stereocenters. The second-order valence-electron chi connectivity index (χ2n) is 5.00. The minimum absolute atomic E-state index is 0.243. The number of hydrogen-bond donors (Lipinski definition) is 2. The summed E-state index contributed by atoms with van der Waals surface area (Å²) in [5, 5.41) is 20.1. The molecule has 1 aliphatic rings. The summed E-state index contributed by atoms with van der Waals surface area (Å²) in [5.74, 6) is -1.96. The number of aromatic carboxylic acids is 1. The highest BCUT2D eigenvalue weighted by Crippen LogP contribution is 2.25. The Hall–Kier alpha value is -2.48. The van der Waals surface area contributed by atoms with Gasteiger partial charge in [0, 0.05) is 19.2 Å². The minimum Gasteiger partial charge on any atom is -0.477 e. The lowest BCUT2D eigenvalue weighted by Crippen LogP contribution is -2.27. The fourth-order valence-corrected chi connectivity index (χ4v) is 2.57. The van der Waals surface area contributed by atoms with Crippen molar-refractivity contribution < 1.29 is 19.6 Å². The van der Waals surface area contributed by atoms with Crippen molar-refractivity contribution in [3.05, 3.63) is 39.4 Å². The second-order valence-corrected chi connectivity index (χ2v) is 5.00. The first kappa shape index (κ1) is 14.9. The quantitative estimate of drug-likeness (QED) is 0.604. The highest BCUT2D eigenvalue weighted by atomic mass is 16.6. The standard InChI is InChI=1S/C13H15N3O5/c14-12(17)9-4-5-15(7-9)6-8-2-1-3-10(16(20)21)11(8)13(18)19/h1-3,9H,4-7H2,(H2,14,17)(H,18,19). The lowest BCUT2D eigenvalue weighted by Gasteiger charge is -2.16. The molecule has 0 spiro atoms. The van der Waals surface area contributed by atoms with Gasteiger partial charge in [0.1, 0.15) is 5.56 Å². The molecule has 8 heteroatoms. The van der Waals surface area contributed by atoms with E-state index in [0.717, 1.165) is 0 Å². The van der Waals surface area contributed by atoms with Gasteiger partial charge in [0.05, 0.1) is 10.8 Å². The number of primary amides is 1. The first-order valence-corrected chi connectivity index (χ1v) is 6.41. The Bertz CT molecular complexity index is 601. The maximum Gasteiger partial charge on any atom is 0.343 e. The van der Waals surface area contributed by atoms with Crippen molar-refractivity contribution in [1.29, 1.82) is 0 Å². The number of benzene rings is 1. The summed E-state index contributed by atoms with van der Waals surface area (Å²) < 4.78 is 0. The molecular weight excluding hydrogens is 278 g/mol. The molecule has 1 saturated heterocycles. The average Bonchev–Trinajstić information content (AvgIpc) is 2.86. The van der Waals surface area contributed by atoms with Gasteiger partial charge in [-0.3, -0.25) is 19.8 Å². The Morgan fingerprint density at radius 2 is 2.19 bits per heavy atom. The number of likely N-dealkylation sites (tertiary alicyclic amines) is 1. The zero-order valence-electron chi connectivity index (χ0n) is 11.2. The summed E-state index contributed by atoms with van der Waals surface area (Å²) in [5.41, 5.74) is 4.88. The highest BCUT2D eigenvalue weighted by Gasteiger charge is 2.29. The van der Waals surface area contributed by atoms with Gasteiger partial charge in [-0.2, -0.15) is 0 Å². The monoisotopic (exact) mass is 293 g/mol. The van der Waals surface area contributed by atoms with Crippen molar-refractivity contribution >= 4 is 17.6 Å². The highest BCUT2D eigenvalue weighted by molar-refractivity contribution is 5.94. The van der Waals surface area contributed by atoms with E-state index in [1.807, 2.05) is 4.90 Å². The molecule has 1 aromatic carbocycles. The Morgan fingerprint density at radius 1 is 1.48 bits per heavy atom. The van der Waals surface area contributed by atoms with Crippen LogP contribution in [0, 0.1) is 16.0 Å². The summed E-state index contributed by atoms with van der Waals surface area (Å²) in [7, 11) is 0. The van der Waals surface area contributed by atoms with Gasteiger partial charge in [-0.15, -0.1) is 0 Å². The van der Waals surface area contributed by atoms with E-state index in [9.17, 15) is 24.8 Å². The van der Waals surface area contributed by atoms with Crippen LogP contribution in [0.25, 0.3) is 0 Å². The van der Waals surface area contributed by atoms with E-state index in [0.29, 0.717) is 25.1 Å². The number of carbonyl (C=O) groups excluding carboxylic acids is 1. The molecule has 0 saturated carbocycles. The second kappa shape index (κ2) is 5.88. The summed E-state index contributed by atoms with van der Waals surface area (Å²) in [6.07, 6.45) is 0.618. The van der Waals surface area contributed by atoms with E-state index in [1.165, 1.54) is 12.1 Å². The number of nitro groups is 1. The number of nitro benzene ring substituents is 1. The lowest BCUT2D eigenvalue weighted by atomic mass is 10.0. The van der Waals surface area contributed by atoms with Gasteiger partial charge < -0.3 is 10.8 Å². The van der Waals surface area contributed by atoms with Crippen molar-refractivity contribution in [2.75, 3.05) is 13.1 Å². The van der Waals surface area contributed by atoms with Crippen LogP contribution in [-0.4, -0.2) is 39.9 Å². The molecule has 0 radical (unpaired) electrons. The Balaban J connectivity index is 2.25. The number of carboxylic acids is 1. The number of amides is 1. The topological polar surface area (TPSA) is 127 Å². The molecule has 1 fully saturated rings. The lowest BCUT2D eigenvalue weighted by molar-refractivity contribution is -0.385. The molecule has 21 heavy (non-hydrogen) atoms. The number of carbonyl (C=O) groups is 2. The molecule has 0 aliphatic carbocycles. The zero-order valence-corrected chi connectivity index (χ0v) is 11.2. The van der Waals surface area contributed by atoms with Crippen LogP contribution in [0.15, 0.2) is 18.2 Å². The minimum atomic E-state index is -1.33. The first-order valence-electron chi connectivity index (χ1n) is 6.41. The average molecular weight is 293 g/mol. The van der Waals surface area contributed by atoms with Crippen LogP contribution in [0.5, 0.6) is 0 Å². The Kier molecular flexibility index (Phi) is 4.18. The zero-order chi connectivity index (χ0) is 15.6. The van der Waals surface area contributed by atoms with Crippen molar-refractivity contribution in [2.45, 2.75) is 13.0 Å². The summed E-state index contributed by atoms with van der Waals surface area (Å²) in [6, 6.07) is 4.18. The third kappa shape index (κ3) is 3.16. The molecule has 3 N–H and O–H groups in total. The molecule has 2 rings (SSSR count). The Morgan fingerprint density at radius 3 is 2.71 bits per heavy atom. The van der Waals surface area contributed by atoms with Gasteiger partial charge in [-0.1, -0.05) is 12.1 Å². The SMILES string of the molecule is NC(=O)C1CCN(Cc2cccc([N+](=O)[O-])c2C(=O)O)C1. The maximum atomic E-state index is 11.3. The van der Waals surface area contributed by atoms with E-state index in [2.05, 4.69) is 0 Å². The summed E-state index contributed by atoms with van der Waals surface area (Å²) in [6.45, 7) is 1.29. The Labute approximate surface area is 120 Å². The molecule has 1 aromatic rings. The van der Waals surface area contributed by atoms with Crippen molar-refractivity contribution in [1.82, 2.24) is 4.90 Å². The molecule has 1 unspecified atom stereocenters. The fourth-order valence-electron chi connectivity index (χ4n) is 2.57. The number of nitrogens with two attached hydrogens (primary N) is 1. The smallest absolute Gasteiger partial charge is 0.343 e. The van der Waals surface area contributed by atoms with Gasteiger partial charge in [0.25, 0.3) is 5.69 Å². The van der Waals surface area contributed by atoms with E-state index in [-0.39, 0.29) is 23.9 Å². The van der Waals surface area contributed by atoms with Crippen LogP contribution in [0.1, 0.15) is 22.3 Å². The molecular formula is C13H15N3O5. The van der Waals surface area contributed by atoms with Crippen LogP contribution in [0.2, 0.25) is 0 Å². The van der Waals surface area contributed by atoms with Crippen LogP contribution in [-0.2, 0) is 11.3 Å². The van der Waals surface area contributed by atoms with Crippen LogP contribution in [0.3, 0.4) is 0 Å². The largest absolute Gasteiger partial charge is 0.477 e. The van der Waals surface area contributed by atoms with Crippen molar-refractivity contribution in [2.24, 2.45) is 11.7 Å². The third-order valence-electron chi connectivity index (χ3n) is 3.61. The summed E-state index contributed by atoms with van der Waals surface area (Å²) >= 11 is 0. The normalized spacial score (nSPS) is 18.6. The van der Waals surface area contributed by atoms with E-state index in [4.69, 9.17) is 5.73 Å². The van der Waals surface area contributed by atoms with Crippen LogP contribution in [0.4, 0.5) is 5.69 Å². The predicted octanol–water partition coefficient (Wildman–Crippen LogP) is 0.600. The van der Waals surface area contributed by atoms with E-state index < -0.39 is 16.6 Å². The summed E-state index contributed by atoms with van der Waals surface area (Å²) in [4.78, 5) is 34.5. The van der Waals surface area contributed by atoms with Crippen molar-refractivity contribution in [3.8, 4) is 0 Å². The van der Waals surface area contributed by atoms with Gasteiger partial charge >= 0.3 is 5.97 Å².